The van der Waals surface area contributed by atoms with Gasteiger partial charge in [-0.05, 0) is 76.4 Å². The third-order valence-electron chi connectivity index (χ3n) is 10.8. The van der Waals surface area contributed by atoms with E-state index in [2.05, 4.69) is 52.0 Å². The highest BCUT2D eigenvalue weighted by Crippen LogP contribution is 2.47. The SMILES string of the molecule is CCC/C(=C\c1ccc(O)c(F)c1)CC[C@@H](O)C1=C(CO[Si](c2ccccc2)(c2ccccc2)C(C)(C)C)C[C@H]2C(=O)N(CCC)C(=O)[C@H]2[C@H]1CO. The van der Waals surface area contributed by atoms with E-state index in [0.717, 1.165) is 34.4 Å². The number of phenols is 1. The number of aromatic hydroxyl groups is 1. The Bertz CT molecular complexity index is 1730. The van der Waals surface area contributed by atoms with Crippen molar-refractivity contribution in [2.45, 2.75) is 84.3 Å². The van der Waals surface area contributed by atoms with Gasteiger partial charge in [-0.3, -0.25) is 14.5 Å². The first-order chi connectivity index (χ1) is 24.9. The zero-order valence-corrected chi connectivity index (χ0v) is 32.1. The molecule has 1 heterocycles. The van der Waals surface area contributed by atoms with Gasteiger partial charge in [0.1, 0.15) is 0 Å². The van der Waals surface area contributed by atoms with E-state index in [9.17, 15) is 29.3 Å². The van der Waals surface area contributed by atoms with Crippen molar-refractivity contribution in [1.82, 2.24) is 4.90 Å². The number of nitrogens with zero attached hydrogens (tertiary/aromatic N) is 1. The number of benzene rings is 3. The number of fused-ring (bicyclic) bond motifs is 1. The number of aliphatic hydroxyl groups is 2. The molecule has 0 spiro atoms. The summed E-state index contributed by atoms with van der Waals surface area (Å²) >= 11 is 0. The van der Waals surface area contributed by atoms with Gasteiger partial charge in [-0.25, -0.2) is 4.39 Å². The number of likely N-dealkylation sites (tertiary alicyclic amines) is 1. The van der Waals surface area contributed by atoms with Crippen molar-refractivity contribution in [3.63, 3.8) is 0 Å². The zero-order valence-electron chi connectivity index (χ0n) is 31.1. The number of imide groups is 1. The summed E-state index contributed by atoms with van der Waals surface area (Å²) in [5, 5.41) is 34.7. The lowest BCUT2D eigenvalue weighted by molar-refractivity contribution is -0.140. The van der Waals surface area contributed by atoms with Crippen molar-refractivity contribution in [1.29, 1.82) is 0 Å². The lowest BCUT2D eigenvalue weighted by Crippen LogP contribution is -2.66. The van der Waals surface area contributed by atoms with E-state index in [4.69, 9.17) is 4.43 Å². The lowest BCUT2D eigenvalue weighted by atomic mass is 9.68. The Balaban J connectivity index is 1.57. The van der Waals surface area contributed by atoms with Gasteiger partial charge in [0.15, 0.2) is 11.6 Å². The monoisotopic (exact) mass is 727 g/mol. The van der Waals surface area contributed by atoms with E-state index in [1.54, 1.807) is 6.07 Å². The molecule has 3 aromatic carbocycles. The molecule has 3 aromatic rings. The van der Waals surface area contributed by atoms with Crippen molar-refractivity contribution in [3.8, 4) is 5.75 Å². The largest absolute Gasteiger partial charge is 0.505 e. The van der Waals surface area contributed by atoms with Crippen LogP contribution in [0.5, 0.6) is 5.75 Å². The van der Waals surface area contributed by atoms with Gasteiger partial charge < -0.3 is 19.7 Å². The van der Waals surface area contributed by atoms with Crippen molar-refractivity contribution in [2.24, 2.45) is 17.8 Å². The second-order valence-corrected chi connectivity index (χ2v) is 19.6. The van der Waals surface area contributed by atoms with Gasteiger partial charge in [-0.2, -0.15) is 0 Å². The maximum Gasteiger partial charge on any atom is 0.261 e. The number of carbonyl (C=O) groups is 2. The van der Waals surface area contributed by atoms with Gasteiger partial charge in [0.2, 0.25) is 11.8 Å². The van der Waals surface area contributed by atoms with Crippen molar-refractivity contribution >= 4 is 36.6 Å². The van der Waals surface area contributed by atoms with Crippen LogP contribution < -0.4 is 10.4 Å². The smallest absolute Gasteiger partial charge is 0.261 e. The topological polar surface area (TPSA) is 107 Å². The first-order valence-electron chi connectivity index (χ1n) is 18.7. The van der Waals surface area contributed by atoms with Gasteiger partial charge in [0.05, 0.1) is 31.2 Å². The highest BCUT2D eigenvalue weighted by atomic mass is 28.4. The summed E-state index contributed by atoms with van der Waals surface area (Å²) in [7, 11) is -3.02. The first-order valence-corrected chi connectivity index (χ1v) is 20.6. The van der Waals surface area contributed by atoms with Gasteiger partial charge in [0, 0.05) is 12.5 Å². The Morgan fingerprint density at radius 2 is 1.60 bits per heavy atom. The lowest BCUT2D eigenvalue weighted by Gasteiger charge is -2.44. The third-order valence-corrected chi connectivity index (χ3v) is 15.8. The fourth-order valence-electron chi connectivity index (χ4n) is 8.47. The van der Waals surface area contributed by atoms with Crippen LogP contribution in [0.3, 0.4) is 0 Å². The number of aliphatic hydroxyl groups excluding tert-OH is 2. The molecule has 7 nitrogen and oxygen atoms in total. The maximum atomic E-state index is 14.2. The number of phenolic OH excluding ortho intramolecular Hbond substituents is 1. The normalized spacial score (nSPS) is 20.4. The molecule has 0 saturated carbocycles. The molecule has 1 saturated heterocycles. The van der Waals surface area contributed by atoms with Crippen LogP contribution in [0.15, 0.2) is 95.6 Å². The predicted octanol–water partition coefficient (Wildman–Crippen LogP) is 6.75. The van der Waals surface area contributed by atoms with Crippen molar-refractivity contribution in [3.05, 3.63) is 107 Å². The van der Waals surface area contributed by atoms with E-state index in [0.29, 0.717) is 36.9 Å². The molecule has 2 amide bonds. The summed E-state index contributed by atoms with van der Waals surface area (Å²) in [5.41, 5.74) is 2.98. The molecule has 2 aliphatic rings. The number of allylic oxidation sites excluding steroid dienone is 1. The summed E-state index contributed by atoms with van der Waals surface area (Å²) in [6, 6.07) is 24.8. The zero-order chi connectivity index (χ0) is 37.6. The molecule has 0 radical (unpaired) electrons. The number of hydrogen-bond donors (Lipinski definition) is 3. The summed E-state index contributed by atoms with van der Waals surface area (Å²) in [6.07, 6.45) is 4.13. The average molecular weight is 728 g/mol. The Morgan fingerprint density at radius 3 is 2.13 bits per heavy atom. The molecule has 3 N–H and O–H groups in total. The number of halogens is 1. The Labute approximate surface area is 309 Å². The Kier molecular flexibility index (Phi) is 12.7. The van der Waals surface area contributed by atoms with Crippen LogP contribution >= 0.6 is 0 Å². The molecular weight excluding hydrogens is 674 g/mol. The molecule has 1 fully saturated rings. The average Bonchev–Trinajstić information content (AvgIpc) is 3.36. The van der Waals surface area contributed by atoms with Gasteiger partial charge in [-0.1, -0.05) is 119 Å². The number of carbonyl (C=O) groups excluding carboxylic acids is 2. The highest BCUT2D eigenvalue weighted by molar-refractivity contribution is 6.99. The van der Waals surface area contributed by atoms with E-state index in [1.165, 1.54) is 17.0 Å². The molecule has 0 aromatic heterocycles. The summed E-state index contributed by atoms with van der Waals surface area (Å²) in [5.74, 6) is -3.74. The third kappa shape index (κ3) is 7.88. The van der Waals surface area contributed by atoms with Crippen molar-refractivity contribution < 1.29 is 33.7 Å². The minimum atomic E-state index is -3.02. The van der Waals surface area contributed by atoms with Crippen LogP contribution in [0, 0.1) is 23.6 Å². The Hall–Kier alpha value is -3.89. The van der Waals surface area contributed by atoms with Crippen LogP contribution in [0.25, 0.3) is 6.08 Å². The van der Waals surface area contributed by atoms with Crippen LogP contribution in [0.4, 0.5) is 4.39 Å². The second-order valence-electron chi connectivity index (χ2n) is 15.3. The summed E-state index contributed by atoms with van der Waals surface area (Å²) in [4.78, 5) is 28.9. The van der Waals surface area contributed by atoms with Crippen LogP contribution in [-0.2, 0) is 14.0 Å². The Morgan fingerprint density at radius 1 is 0.962 bits per heavy atom. The molecule has 4 atom stereocenters. The number of amides is 2. The van der Waals surface area contributed by atoms with Crippen molar-refractivity contribution in [2.75, 3.05) is 19.8 Å². The first kappa shape index (κ1) is 39.3. The minimum absolute atomic E-state index is 0.138. The van der Waals surface area contributed by atoms with E-state index in [1.807, 2.05) is 49.4 Å². The number of hydrogen-bond acceptors (Lipinski definition) is 6. The van der Waals surface area contributed by atoms with Crippen LogP contribution in [0.2, 0.25) is 5.04 Å². The van der Waals surface area contributed by atoms with E-state index in [-0.39, 0.29) is 36.5 Å². The molecule has 1 aliphatic heterocycles. The quantitative estimate of drug-likeness (QED) is 0.0909. The standard InChI is InChI=1S/C43H54FNO6Si/c1-6-14-29(24-30-20-21-37(47)36(44)25-30)19-22-38(48)39-31(26-34-40(35(39)27-46)42(50)45(23-7-2)41(34)49)28-51-52(43(3,4)5,32-15-10-8-11-16-32)33-17-12-9-13-18-33/h8-13,15-18,20-21,24-25,34-35,38,40,46-48H,6-7,14,19,22-23,26-28H2,1-5H3/b29-24+/t34-,35+,38-,40-/m1/s1. The van der Waals surface area contributed by atoms with E-state index < -0.39 is 43.7 Å². The molecule has 278 valence electrons. The van der Waals surface area contributed by atoms with Crippen LogP contribution in [0.1, 0.15) is 78.7 Å². The van der Waals surface area contributed by atoms with Gasteiger partial charge in [0.25, 0.3) is 8.32 Å². The molecule has 1 aliphatic carbocycles. The highest BCUT2D eigenvalue weighted by Gasteiger charge is 2.56. The fraction of sp³-hybridized carbons (Fsp3) is 0.442. The fourth-order valence-corrected chi connectivity index (χ4v) is 13.0. The summed E-state index contributed by atoms with van der Waals surface area (Å²) < 4.78 is 21.5. The minimum Gasteiger partial charge on any atom is -0.505 e. The summed E-state index contributed by atoms with van der Waals surface area (Å²) in [6.45, 7) is 10.6. The molecular formula is C43H54FNO6Si. The molecule has 9 heteroatoms. The second kappa shape index (κ2) is 16.8. The molecule has 0 unspecified atom stereocenters. The molecule has 5 rings (SSSR count). The van der Waals surface area contributed by atoms with Gasteiger partial charge in [-0.15, -0.1) is 0 Å². The van der Waals surface area contributed by atoms with Gasteiger partial charge >= 0.3 is 0 Å². The maximum absolute atomic E-state index is 14.2. The predicted molar refractivity (Wildman–Crippen MR) is 206 cm³/mol. The molecule has 0 bridgehead atoms. The van der Waals surface area contributed by atoms with Crippen LogP contribution in [-0.4, -0.2) is 66.2 Å². The van der Waals surface area contributed by atoms with E-state index >= 15 is 0 Å². The molecule has 52 heavy (non-hydrogen) atoms. The number of rotatable bonds is 15.